The van der Waals surface area contributed by atoms with E-state index in [9.17, 15) is 0 Å². The summed E-state index contributed by atoms with van der Waals surface area (Å²) in [4.78, 5) is 0.510. The molecule has 1 aromatic rings. The van der Waals surface area contributed by atoms with Crippen molar-refractivity contribution < 1.29 is 5.21 Å². The highest BCUT2D eigenvalue weighted by molar-refractivity contribution is 7.80. The molecule has 0 saturated heterocycles. The minimum Gasteiger partial charge on any atom is -0.291 e. The van der Waals surface area contributed by atoms with Gasteiger partial charge in [-0.2, -0.15) is 0 Å². The molecule has 0 saturated carbocycles. The number of hydrogen-bond donors (Lipinski definition) is 2. The second-order valence-electron chi connectivity index (χ2n) is 2.87. The van der Waals surface area contributed by atoms with Crippen LogP contribution in [0.1, 0.15) is 18.4 Å². The first-order valence-corrected chi connectivity index (χ1v) is 4.70. The molecule has 0 aliphatic rings. The maximum Gasteiger partial charge on any atom is 0.100 e. The first kappa shape index (κ1) is 10.2. The third kappa shape index (κ3) is 4.01. The van der Waals surface area contributed by atoms with E-state index >= 15 is 0 Å². The van der Waals surface area contributed by atoms with Crippen LogP contribution >= 0.6 is 12.2 Å². The topological polar surface area (TPSA) is 32.3 Å². The summed E-state index contributed by atoms with van der Waals surface area (Å²) < 4.78 is 0. The maximum atomic E-state index is 8.44. The first-order valence-electron chi connectivity index (χ1n) is 4.30. The van der Waals surface area contributed by atoms with E-state index in [0.29, 0.717) is 4.99 Å². The van der Waals surface area contributed by atoms with Crippen molar-refractivity contribution >= 4 is 17.2 Å². The molecule has 0 atom stereocenters. The van der Waals surface area contributed by atoms with Crippen molar-refractivity contribution in [3.63, 3.8) is 0 Å². The molecule has 2 nitrogen and oxygen atoms in total. The molecule has 0 aliphatic carbocycles. The third-order valence-corrected chi connectivity index (χ3v) is 2.13. The Balaban J connectivity index is 2.24. The summed E-state index contributed by atoms with van der Waals surface area (Å²) in [6.45, 7) is 0. The van der Waals surface area contributed by atoms with Crippen molar-refractivity contribution in [2.24, 2.45) is 0 Å². The molecule has 0 unspecified atom stereocenters. The molecule has 1 aromatic carbocycles. The second kappa shape index (κ2) is 5.67. The minimum atomic E-state index is 0.510. The zero-order valence-electron chi connectivity index (χ0n) is 7.36. The number of thiocarbonyl (C=S) groups is 1. The minimum absolute atomic E-state index is 0.510. The fraction of sp³-hybridized carbons (Fsp3) is 0.300. The highest BCUT2D eigenvalue weighted by Gasteiger charge is 1.95. The van der Waals surface area contributed by atoms with Gasteiger partial charge in [0, 0.05) is 6.42 Å². The van der Waals surface area contributed by atoms with Gasteiger partial charge in [-0.15, -0.1) is 0 Å². The van der Waals surface area contributed by atoms with E-state index in [1.807, 2.05) is 23.7 Å². The van der Waals surface area contributed by atoms with E-state index in [2.05, 4.69) is 12.1 Å². The summed E-state index contributed by atoms with van der Waals surface area (Å²) in [5.41, 5.74) is 3.29. The van der Waals surface area contributed by atoms with Gasteiger partial charge in [0.1, 0.15) is 4.99 Å². The Labute approximate surface area is 83.5 Å². The predicted octanol–water partition coefficient (Wildman–Crippen LogP) is 2.32. The van der Waals surface area contributed by atoms with Gasteiger partial charge in [0.15, 0.2) is 0 Å². The van der Waals surface area contributed by atoms with E-state index < -0.39 is 0 Å². The summed E-state index contributed by atoms with van der Waals surface area (Å²) in [6, 6.07) is 10.2. The molecule has 13 heavy (non-hydrogen) atoms. The summed E-state index contributed by atoms with van der Waals surface area (Å²) in [5, 5.41) is 8.44. The van der Waals surface area contributed by atoms with Gasteiger partial charge in [-0.3, -0.25) is 10.7 Å². The van der Waals surface area contributed by atoms with Crippen LogP contribution in [-0.2, 0) is 6.42 Å². The van der Waals surface area contributed by atoms with Crippen LogP contribution in [0.15, 0.2) is 30.3 Å². The molecule has 0 aromatic heterocycles. The standard InChI is InChI=1S/C10H13NOS/c12-11-10(13)8-4-7-9-5-2-1-3-6-9/h1-3,5-6,12H,4,7-8H2,(H,11,13). The Kier molecular flexibility index (Phi) is 4.43. The lowest BCUT2D eigenvalue weighted by Crippen LogP contribution is -2.15. The SMILES string of the molecule is ONC(=S)CCCc1ccccc1. The molecule has 1 rings (SSSR count). The Morgan fingerprint density at radius 1 is 1.31 bits per heavy atom. The lowest BCUT2D eigenvalue weighted by molar-refractivity contribution is 0.234. The Morgan fingerprint density at radius 2 is 2.00 bits per heavy atom. The van der Waals surface area contributed by atoms with Crippen LogP contribution in [0.25, 0.3) is 0 Å². The van der Waals surface area contributed by atoms with Gasteiger partial charge in [-0.05, 0) is 18.4 Å². The van der Waals surface area contributed by atoms with Crippen LogP contribution < -0.4 is 5.48 Å². The van der Waals surface area contributed by atoms with Crippen LogP contribution in [0, 0.1) is 0 Å². The van der Waals surface area contributed by atoms with Crippen molar-refractivity contribution in [2.75, 3.05) is 0 Å². The molecule has 0 spiro atoms. The average molecular weight is 195 g/mol. The first-order chi connectivity index (χ1) is 6.33. The molecule has 0 heterocycles. The van der Waals surface area contributed by atoms with Crippen molar-refractivity contribution in [1.82, 2.24) is 5.48 Å². The van der Waals surface area contributed by atoms with Crippen LogP contribution in [0.2, 0.25) is 0 Å². The Bertz CT molecular complexity index is 261. The molecule has 70 valence electrons. The smallest absolute Gasteiger partial charge is 0.100 e. The molecular formula is C10H13NOS. The van der Waals surface area contributed by atoms with E-state index in [1.165, 1.54) is 5.56 Å². The molecule has 0 radical (unpaired) electrons. The highest BCUT2D eigenvalue weighted by Crippen LogP contribution is 2.04. The van der Waals surface area contributed by atoms with Crippen LogP contribution in [0.3, 0.4) is 0 Å². The Hall–Kier alpha value is -0.930. The predicted molar refractivity (Wildman–Crippen MR) is 56.9 cm³/mol. The van der Waals surface area contributed by atoms with Gasteiger partial charge in [0.2, 0.25) is 0 Å². The van der Waals surface area contributed by atoms with E-state index in [-0.39, 0.29) is 0 Å². The molecular weight excluding hydrogens is 182 g/mol. The van der Waals surface area contributed by atoms with Crippen LogP contribution in [0.5, 0.6) is 0 Å². The molecule has 0 bridgehead atoms. The monoisotopic (exact) mass is 195 g/mol. The molecule has 0 fully saturated rings. The summed E-state index contributed by atoms with van der Waals surface area (Å²) in [5.74, 6) is 0. The number of benzene rings is 1. The summed E-state index contributed by atoms with van der Waals surface area (Å²) in [6.07, 6.45) is 2.71. The third-order valence-electron chi connectivity index (χ3n) is 1.84. The zero-order chi connectivity index (χ0) is 9.52. The summed E-state index contributed by atoms with van der Waals surface area (Å²) >= 11 is 4.81. The molecule has 0 aliphatic heterocycles. The van der Waals surface area contributed by atoms with Gasteiger partial charge >= 0.3 is 0 Å². The van der Waals surface area contributed by atoms with E-state index in [4.69, 9.17) is 17.4 Å². The summed E-state index contributed by atoms with van der Waals surface area (Å²) in [7, 11) is 0. The lowest BCUT2D eigenvalue weighted by Gasteiger charge is -2.01. The molecule has 0 amide bonds. The average Bonchev–Trinajstić information content (AvgIpc) is 2.19. The van der Waals surface area contributed by atoms with Crippen molar-refractivity contribution in [3.8, 4) is 0 Å². The lowest BCUT2D eigenvalue weighted by atomic mass is 10.1. The normalized spacial score (nSPS) is 9.62. The quantitative estimate of drug-likeness (QED) is 0.571. The molecule has 3 heteroatoms. The van der Waals surface area contributed by atoms with Crippen LogP contribution in [-0.4, -0.2) is 10.2 Å². The number of nitrogens with one attached hydrogen (secondary N) is 1. The van der Waals surface area contributed by atoms with Crippen molar-refractivity contribution in [2.45, 2.75) is 19.3 Å². The van der Waals surface area contributed by atoms with Crippen molar-refractivity contribution in [1.29, 1.82) is 0 Å². The second-order valence-corrected chi connectivity index (χ2v) is 3.37. The number of hydrogen-bond acceptors (Lipinski definition) is 2. The van der Waals surface area contributed by atoms with E-state index in [1.54, 1.807) is 0 Å². The largest absolute Gasteiger partial charge is 0.291 e. The highest BCUT2D eigenvalue weighted by atomic mass is 32.1. The van der Waals surface area contributed by atoms with Gasteiger partial charge in [-0.25, -0.2) is 0 Å². The molecule has 2 N–H and O–H groups in total. The zero-order valence-corrected chi connectivity index (χ0v) is 8.18. The Morgan fingerprint density at radius 3 is 2.62 bits per heavy atom. The van der Waals surface area contributed by atoms with Gasteiger partial charge in [0.25, 0.3) is 0 Å². The van der Waals surface area contributed by atoms with Gasteiger partial charge in [-0.1, -0.05) is 42.5 Å². The van der Waals surface area contributed by atoms with Gasteiger partial charge in [0.05, 0.1) is 0 Å². The maximum absolute atomic E-state index is 8.44. The number of aryl methyl sites for hydroxylation is 1. The fourth-order valence-electron chi connectivity index (χ4n) is 1.15. The fourth-order valence-corrected chi connectivity index (χ4v) is 1.30. The van der Waals surface area contributed by atoms with Gasteiger partial charge < -0.3 is 0 Å². The van der Waals surface area contributed by atoms with E-state index in [0.717, 1.165) is 19.3 Å². The number of rotatable bonds is 4. The van der Waals surface area contributed by atoms with Crippen LogP contribution in [0.4, 0.5) is 0 Å². The van der Waals surface area contributed by atoms with Crippen molar-refractivity contribution in [3.05, 3.63) is 35.9 Å². The number of hydroxylamine groups is 1.